The van der Waals surface area contributed by atoms with Crippen molar-refractivity contribution >= 4 is 5.82 Å². The van der Waals surface area contributed by atoms with Crippen LogP contribution in [0, 0.1) is 0 Å². The van der Waals surface area contributed by atoms with Gasteiger partial charge in [-0.3, -0.25) is 4.90 Å². The van der Waals surface area contributed by atoms with Crippen molar-refractivity contribution in [3.05, 3.63) is 23.9 Å². The number of anilines is 1. The lowest BCUT2D eigenvalue weighted by Crippen LogP contribution is -2.25. The number of hydrogen-bond donors (Lipinski definition) is 1. The molecule has 1 fully saturated rings. The normalized spacial score (nSPS) is 19.4. The number of nitrogens with one attached hydrogen (secondary N) is 1. The Bertz CT molecular complexity index is 392. The second-order valence-corrected chi connectivity index (χ2v) is 5.77. The molecular weight excluding hydrogens is 246 g/mol. The minimum absolute atomic E-state index is 0.569. The number of unbranched alkanes of at least 4 members (excludes halogenated alkanes) is 2. The summed E-state index contributed by atoms with van der Waals surface area (Å²) < 4.78 is 0. The molecule has 0 radical (unpaired) electrons. The molecular formula is C17H29N3. The minimum atomic E-state index is 0.569. The van der Waals surface area contributed by atoms with Gasteiger partial charge in [-0.1, -0.05) is 32.8 Å². The highest BCUT2D eigenvalue weighted by atomic mass is 15.2. The number of hydrogen-bond acceptors (Lipinski definition) is 3. The minimum Gasteiger partial charge on any atom is -0.370 e. The van der Waals surface area contributed by atoms with Crippen LogP contribution in [0.1, 0.15) is 64.0 Å². The summed E-state index contributed by atoms with van der Waals surface area (Å²) in [5.41, 5.74) is 1.40. The van der Waals surface area contributed by atoms with Crippen LogP contribution < -0.4 is 5.32 Å². The molecule has 20 heavy (non-hydrogen) atoms. The van der Waals surface area contributed by atoms with Crippen LogP contribution in [0.15, 0.2) is 18.3 Å². The van der Waals surface area contributed by atoms with E-state index in [1.807, 2.05) is 6.20 Å². The molecule has 1 N–H and O–H groups in total. The summed E-state index contributed by atoms with van der Waals surface area (Å²) in [6.45, 7) is 8.00. The summed E-state index contributed by atoms with van der Waals surface area (Å²) in [5.74, 6) is 1.11. The third-order valence-corrected chi connectivity index (χ3v) is 4.18. The largest absolute Gasteiger partial charge is 0.370 e. The Hall–Kier alpha value is -1.09. The Morgan fingerprint density at radius 2 is 2.15 bits per heavy atom. The van der Waals surface area contributed by atoms with Crippen molar-refractivity contribution in [1.82, 2.24) is 9.88 Å². The summed E-state index contributed by atoms with van der Waals surface area (Å²) >= 11 is 0. The van der Waals surface area contributed by atoms with E-state index < -0.39 is 0 Å². The predicted molar refractivity (Wildman–Crippen MR) is 86.1 cm³/mol. The predicted octanol–water partition coefficient (Wildman–Crippen LogP) is 4.23. The van der Waals surface area contributed by atoms with E-state index >= 15 is 0 Å². The maximum Gasteiger partial charge on any atom is 0.130 e. The number of aromatic nitrogens is 1. The Labute approximate surface area is 123 Å². The molecule has 3 heteroatoms. The molecule has 0 aromatic carbocycles. The van der Waals surface area contributed by atoms with Crippen LogP contribution in [-0.2, 0) is 0 Å². The molecule has 1 atom stereocenters. The van der Waals surface area contributed by atoms with Gasteiger partial charge in [0.2, 0.25) is 0 Å². The number of pyridine rings is 1. The quantitative estimate of drug-likeness (QED) is 0.720. The van der Waals surface area contributed by atoms with Crippen molar-refractivity contribution in [3.63, 3.8) is 0 Å². The van der Waals surface area contributed by atoms with Crippen molar-refractivity contribution in [2.24, 2.45) is 0 Å². The maximum absolute atomic E-state index is 4.57. The zero-order valence-electron chi connectivity index (χ0n) is 13.1. The average molecular weight is 275 g/mol. The van der Waals surface area contributed by atoms with E-state index in [1.54, 1.807) is 0 Å². The van der Waals surface area contributed by atoms with Crippen LogP contribution in [0.3, 0.4) is 0 Å². The van der Waals surface area contributed by atoms with Gasteiger partial charge in [0.25, 0.3) is 0 Å². The van der Waals surface area contributed by atoms with Gasteiger partial charge in [0.05, 0.1) is 0 Å². The molecule has 1 aromatic heterocycles. The molecule has 0 spiro atoms. The van der Waals surface area contributed by atoms with Crippen molar-refractivity contribution in [3.8, 4) is 0 Å². The highest BCUT2D eigenvalue weighted by Gasteiger charge is 2.27. The zero-order valence-corrected chi connectivity index (χ0v) is 13.1. The molecule has 1 aromatic rings. The summed E-state index contributed by atoms with van der Waals surface area (Å²) in [6.07, 6.45) is 9.51. The van der Waals surface area contributed by atoms with Crippen molar-refractivity contribution in [2.45, 2.75) is 58.4 Å². The molecule has 1 saturated heterocycles. The van der Waals surface area contributed by atoms with E-state index in [0.717, 1.165) is 12.4 Å². The highest BCUT2D eigenvalue weighted by molar-refractivity contribution is 5.46. The molecule has 0 saturated carbocycles. The molecule has 0 amide bonds. The third-order valence-electron chi connectivity index (χ3n) is 4.18. The first-order chi connectivity index (χ1) is 9.86. The van der Waals surface area contributed by atoms with E-state index in [-0.39, 0.29) is 0 Å². The first-order valence-corrected chi connectivity index (χ1v) is 8.29. The van der Waals surface area contributed by atoms with Gasteiger partial charge in [0.15, 0.2) is 0 Å². The lowest BCUT2D eigenvalue weighted by Gasteiger charge is -2.26. The van der Waals surface area contributed by atoms with Gasteiger partial charge < -0.3 is 5.32 Å². The fourth-order valence-corrected chi connectivity index (χ4v) is 3.03. The van der Waals surface area contributed by atoms with Gasteiger partial charge in [-0.25, -0.2) is 4.98 Å². The van der Waals surface area contributed by atoms with Crippen LogP contribution >= 0.6 is 0 Å². The van der Waals surface area contributed by atoms with E-state index in [1.165, 1.54) is 57.2 Å². The van der Waals surface area contributed by atoms with E-state index in [9.17, 15) is 0 Å². The van der Waals surface area contributed by atoms with Crippen molar-refractivity contribution in [2.75, 3.05) is 25.0 Å². The molecule has 1 aliphatic rings. The van der Waals surface area contributed by atoms with Crippen LogP contribution in [-0.4, -0.2) is 29.5 Å². The second-order valence-electron chi connectivity index (χ2n) is 5.77. The van der Waals surface area contributed by atoms with Gasteiger partial charge in [-0.2, -0.15) is 0 Å². The van der Waals surface area contributed by atoms with Crippen LogP contribution in [0.2, 0.25) is 0 Å². The SMILES string of the molecule is CCCCNc1ncccc1C1CCCN1CCCC. The maximum atomic E-state index is 4.57. The van der Waals surface area contributed by atoms with Crippen molar-refractivity contribution in [1.29, 1.82) is 0 Å². The van der Waals surface area contributed by atoms with Crippen LogP contribution in [0.5, 0.6) is 0 Å². The Morgan fingerprint density at radius 1 is 1.30 bits per heavy atom. The Balaban J connectivity index is 2.06. The smallest absolute Gasteiger partial charge is 0.130 e. The number of likely N-dealkylation sites (tertiary alicyclic amines) is 1. The summed E-state index contributed by atoms with van der Waals surface area (Å²) in [7, 11) is 0. The lowest BCUT2D eigenvalue weighted by molar-refractivity contribution is 0.253. The molecule has 1 unspecified atom stereocenters. The first-order valence-electron chi connectivity index (χ1n) is 8.29. The summed E-state index contributed by atoms with van der Waals surface area (Å²) in [5, 5.41) is 3.53. The summed E-state index contributed by atoms with van der Waals surface area (Å²) in [6, 6.07) is 4.91. The molecule has 0 aliphatic carbocycles. The van der Waals surface area contributed by atoms with Gasteiger partial charge in [0.1, 0.15) is 5.82 Å². The Morgan fingerprint density at radius 3 is 2.95 bits per heavy atom. The molecule has 2 rings (SSSR count). The fourth-order valence-electron chi connectivity index (χ4n) is 3.03. The second kappa shape index (κ2) is 8.25. The van der Waals surface area contributed by atoms with Gasteiger partial charge >= 0.3 is 0 Å². The molecule has 2 heterocycles. The topological polar surface area (TPSA) is 28.2 Å². The standard InChI is InChI=1S/C17H29N3/c1-3-5-11-18-17-15(9-7-12-19-17)16-10-8-14-20(16)13-6-4-2/h7,9,12,16H,3-6,8,10-11,13-14H2,1-2H3,(H,18,19). The number of rotatable bonds is 8. The molecule has 112 valence electrons. The zero-order chi connectivity index (χ0) is 14.2. The number of nitrogens with zero attached hydrogens (tertiary/aromatic N) is 2. The highest BCUT2D eigenvalue weighted by Crippen LogP contribution is 2.35. The molecule has 3 nitrogen and oxygen atoms in total. The molecule has 0 bridgehead atoms. The van der Waals surface area contributed by atoms with Crippen LogP contribution in [0.4, 0.5) is 5.82 Å². The van der Waals surface area contributed by atoms with E-state index in [4.69, 9.17) is 0 Å². The lowest BCUT2D eigenvalue weighted by atomic mass is 10.0. The first kappa shape index (κ1) is 15.3. The van der Waals surface area contributed by atoms with Gasteiger partial charge in [0, 0.05) is 24.3 Å². The van der Waals surface area contributed by atoms with Gasteiger partial charge in [-0.05, 0) is 44.8 Å². The molecule has 1 aliphatic heterocycles. The summed E-state index contributed by atoms with van der Waals surface area (Å²) in [4.78, 5) is 7.22. The van der Waals surface area contributed by atoms with Gasteiger partial charge in [-0.15, -0.1) is 0 Å². The average Bonchev–Trinajstić information content (AvgIpc) is 2.94. The fraction of sp³-hybridized carbons (Fsp3) is 0.706. The van der Waals surface area contributed by atoms with E-state index in [2.05, 4.69) is 41.2 Å². The monoisotopic (exact) mass is 275 g/mol. The Kier molecular flexibility index (Phi) is 6.31. The van der Waals surface area contributed by atoms with Crippen LogP contribution in [0.25, 0.3) is 0 Å². The van der Waals surface area contributed by atoms with Crippen molar-refractivity contribution < 1.29 is 0 Å². The van der Waals surface area contributed by atoms with E-state index in [0.29, 0.717) is 6.04 Å². The third kappa shape index (κ3) is 3.95.